The Labute approximate surface area is 125 Å². The van der Waals surface area contributed by atoms with E-state index in [-0.39, 0.29) is 12.5 Å². The molecule has 1 atom stereocenters. The van der Waals surface area contributed by atoms with Crippen molar-refractivity contribution >= 4 is 5.91 Å². The number of ether oxygens (including phenoxy) is 3. The van der Waals surface area contributed by atoms with Crippen molar-refractivity contribution in [2.24, 2.45) is 0 Å². The number of hydrogen-bond donors (Lipinski definition) is 0. The normalized spacial score (nSPS) is 21.6. The van der Waals surface area contributed by atoms with Gasteiger partial charge in [0.25, 0.3) is 0 Å². The van der Waals surface area contributed by atoms with Gasteiger partial charge in [-0.1, -0.05) is 18.2 Å². The predicted octanol–water partition coefficient (Wildman–Crippen LogP) is 1.64. The summed E-state index contributed by atoms with van der Waals surface area (Å²) in [5.41, 5.74) is 0.653. The Morgan fingerprint density at radius 2 is 2.10 bits per heavy atom. The van der Waals surface area contributed by atoms with Gasteiger partial charge in [0.1, 0.15) is 24.6 Å². The van der Waals surface area contributed by atoms with Crippen molar-refractivity contribution in [1.29, 1.82) is 0 Å². The maximum atomic E-state index is 11.9. The molecule has 1 heterocycles. The van der Waals surface area contributed by atoms with Gasteiger partial charge in [0.15, 0.2) is 0 Å². The number of carbonyl (C=O) groups excluding carboxylic acids is 1. The zero-order valence-corrected chi connectivity index (χ0v) is 12.9. The Kier molecular flexibility index (Phi) is 5.20. The third kappa shape index (κ3) is 3.74. The van der Waals surface area contributed by atoms with E-state index in [4.69, 9.17) is 14.2 Å². The maximum Gasteiger partial charge on any atom is 0.248 e. The van der Waals surface area contributed by atoms with Crippen molar-refractivity contribution in [2.75, 3.05) is 40.5 Å². The van der Waals surface area contributed by atoms with E-state index in [9.17, 15) is 4.79 Å². The lowest BCUT2D eigenvalue weighted by molar-refractivity contribution is -0.135. The summed E-state index contributed by atoms with van der Waals surface area (Å²) in [7, 11) is 3.20. The van der Waals surface area contributed by atoms with Gasteiger partial charge >= 0.3 is 0 Å². The summed E-state index contributed by atoms with van der Waals surface area (Å²) in [5, 5.41) is 0. The zero-order chi connectivity index (χ0) is 15.3. The molecule has 0 unspecified atom stereocenters. The van der Waals surface area contributed by atoms with E-state index in [1.807, 2.05) is 31.2 Å². The molecule has 5 nitrogen and oxygen atoms in total. The molecule has 1 aromatic carbocycles. The highest BCUT2D eigenvalue weighted by Crippen LogP contribution is 2.27. The van der Waals surface area contributed by atoms with Crippen LogP contribution in [0.4, 0.5) is 0 Å². The van der Waals surface area contributed by atoms with Gasteiger partial charge in [-0.3, -0.25) is 4.79 Å². The van der Waals surface area contributed by atoms with Crippen LogP contribution in [-0.2, 0) is 14.3 Å². The van der Waals surface area contributed by atoms with E-state index in [0.29, 0.717) is 19.7 Å². The maximum absolute atomic E-state index is 11.9. The van der Waals surface area contributed by atoms with Gasteiger partial charge in [0, 0.05) is 20.8 Å². The topological polar surface area (TPSA) is 48.0 Å². The molecule has 0 saturated carbocycles. The third-order valence-corrected chi connectivity index (χ3v) is 3.95. The lowest BCUT2D eigenvalue weighted by Crippen LogP contribution is -2.43. The van der Waals surface area contributed by atoms with Gasteiger partial charge in [0.2, 0.25) is 5.91 Å². The van der Waals surface area contributed by atoms with Crippen LogP contribution in [0.2, 0.25) is 0 Å². The molecule has 0 radical (unpaired) electrons. The van der Waals surface area contributed by atoms with Crippen molar-refractivity contribution in [3.8, 4) is 5.75 Å². The van der Waals surface area contributed by atoms with Crippen molar-refractivity contribution in [3.63, 3.8) is 0 Å². The average Bonchev–Trinajstić information content (AvgIpc) is 2.92. The van der Waals surface area contributed by atoms with E-state index in [1.54, 1.807) is 12.0 Å². The summed E-state index contributed by atoms with van der Waals surface area (Å²) in [6.45, 7) is 3.77. The van der Waals surface area contributed by atoms with Crippen LogP contribution in [0.15, 0.2) is 24.3 Å². The number of aryl methyl sites for hydroxylation is 1. The molecule has 0 aliphatic carbocycles. The Hall–Kier alpha value is -1.59. The summed E-state index contributed by atoms with van der Waals surface area (Å²) >= 11 is 0. The molecule has 1 aliphatic heterocycles. The summed E-state index contributed by atoms with van der Waals surface area (Å²) in [6.07, 6.45) is 0.769. The van der Waals surface area contributed by atoms with Crippen LogP contribution in [-0.4, -0.2) is 56.9 Å². The highest BCUT2D eigenvalue weighted by Gasteiger charge is 2.41. The van der Waals surface area contributed by atoms with E-state index < -0.39 is 5.60 Å². The van der Waals surface area contributed by atoms with Crippen LogP contribution in [0.25, 0.3) is 0 Å². The first-order chi connectivity index (χ1) is 10.1. The Bertz CT molecular complexity index is 491. The molecule has 1 aliphatic rings. The van der Waals surface area contributed by atoms with Crippen molar-refractivity contribution in [2.45, 2.75) is 18.9 Å². The number of benzene rings is 1. The first-order valence-electron chi connectivity index (χ1n) is 7.10. The molecular weight excluding hydrogens is 270 g/mol. The SMILES string of the molecule is COCC(=O)N1CC[C@@](COc2ccccc2C)(OC)C1. The van der Waals surface area contributed by atoms with E-state index in [2.05, 4.69) is 0 Å². The highest BCUT2D eigenvalue weighted by molar-refractivity contribution is 5.77. The summed E-state index contributed by atoms with van der Waals surface area (Å²) in [6, 6.07) is 7.89. The first-order valence-corrected chi connectivity index (χ1v) is 7.10. The van der Waals surface area contributed by atoms with Crippen LogP contribution in [0.5, 0.6) is 5.75 Å². The highest BCUT2D eigenvalue weighted by atomic mass is 16.5. The summed E-state index contributed by atoms with van der Waals surface area (Å²) < 4.78 is 16.5. The number of para-hydroxylation sites is 1. The number of rotatable bonds is 6. The molecule has 0 aromatic heterocycles. The second-order valence-corrected chi connectivity index (χ2v) is 5.44. The average molecular weight is 293 g/mol. The number of likely N-dealkylation sites (tertiary alicyclic amines) is 1. The molecule has 0 spiro atoms. The van der Waals surface area contributed by atoms with Crippen molar-refractivity contribution in [1.82, 2.24) is 4.90 Å². The zero-order valence-electron chi connectivity index (χ0n) is 12.9. The first kappa shape index (κ1) is 15.8. The molecule has 116 valence electrons. The van der Waals surface area contributed by atoms with Crippen molar-refractivity contribution < 1.29 is 19.0 Å². The lowest BCUT2D eigenvalue weighted by atomic mass is 10.0. The summed E-state index contributed by atoms with van der Waals surface area (Å²) in [4.78, 5) is 13.7. The molecular formula is C16H23NO4. The third-order valence-electron chi connectivity index (χ3n) is 3.95. The van der Waals surface area contributed by atoms with Gasteiger partial charge in [-0.05, 0) is 25.0 Å². The largest absolute Gasteiger partial charge is 0.490 e. The number of carbonyl (C=O) groups is 1. The van der Waals surface area contributed by atoms with Crippen LogP contribution in [0.3, 0.4) is 0 Å². The smallest absolute Gasteiger partial charge is 0.248 e. The van der Waals surface area contributed by atoms with Gasteiger partial charge in [-0.15, -0.1) is 0 Å². The van der Waals surface area contributed by atoms with E-state index in [1.165, 1.54) is 7.11 Å². The Morgan fingerprint density at radius 1 is 1.33 bits per heavy atom. The van der Waals surface area contributed by atoms with Gasteiger partial charge < -0.3 is 19.1 Å². The fraction of sp³-hybridized carbons (Fsp3) is 0.562. The van der Waals surface area contributed by atoms with E-state index in [0.717, 1.165) is 17.7 Å². The fourth-order valence-corrected chi connectivity index (χ4v) is 2.54. The molecule has 1 aromatic rings. The lowest BCUT2D eigenvalue weighted by Gasteiger charge is -2.28. The monoisotopic (exact) mass is 293 g/mol. The molecule has 1 amide bonds. The molecule has 1 saturated heterocycles. The number of amides is 1. The molecule has 0 N–H and O–H groups in total. The number of nitrogens with zero attached hydrogens (tertiary/aromatic N) is 1. The van der Waals surface area contributed by atoms with Gasteiger partial charge in [0.05, 0.1) is 6.54 Å². The Morgan fingerprint density at radius 3 is 2.76 bits per heavy atom. The van der Waals surface area contributed by atoms with Gasteiger partial charge in [-0.25, -0.2) is 0 Å². The van der Waals surface area contributed by atoms with Crippen LogP contribution >= 0.6 is 0 Å². The van der Waals surface area contributed by atoms with Crippen LogP contribution in [0.1, 0.15) is 12.0 Å². The molecule has 1 fully saturated rings. The number of hydrogen-bond acceptors (Lipinski definition) is 4. The minimum absolute atomic E-state index is 0.00711. The van der Waals surface area contributed by atoms with Gasteiger partial charge in [-0.2, -0.15) is 0 Å². The van der Waals surface area contributed by atoms with Crippen LogP contribution in [0, 0.1) is 6.92 Å². The minimum Gasteiger partial charge on any atom is -0.490 e. The standard InChI is InChI=1S/C16H23NO4/c1-13-6-4-5-7-14(13)21-12-16(20-3)8-9-17(11-16)15(18)10-19-2/h4-7H,8-12H2,1-3H3/t16-/m1/s1. The van der Waals surface area contributed by atoms with E-state index >= 15 is 0 Å². The molecule has 21 heavy (non-hydrogen) atoms. The van der Waals surface area contributed by atoms with Crippen LogP contribution < -0.4 is 4.74 Å². The fourth-order valence-electron chi connectivity index (χ4n) is 2.54. The minimum atomic E-state index is -0.439. The quantitative estimate of drug-likeness (QED) is 0.800. The molecule has 5 heteroatoms. The van der Waals surface area contributed by atoms with Crippen molar-refractivity contribution in [3.05, 3.63) is 29.8 Å². The second kappa shape index (κ2) is 6.91. The molecule has 2 rings (SSSR count). The summed E-state index contributed by atoms with van der Waals surface area (Å²) in [5.74, 6) is 0.850. The Balaban J connectivity index is 1.97. The molecule has 0 bridgehead atoms. The number of methoxy groups -OCH3 is 2. The predicted molar refractivity (Wildman–Crippen MR) is 79.5 cm³/mol. The second-order valence-electron chi connectivity index (χ2n) is 5.44.